The summed E-state index contributed by atoms with van der Waals surface area (Å²) in [4.78, 5) is 25.5. The van der Waals surface area contributed by atoms with Crippen LogP contribution in [-0.4, -0.2) is 41.4 Å². The standard InChI is InChI=1S/C25H29N5O/c1-17-6-4-7-18(14-17)16-30-13-5-8-22(30)23-21(15-27-25(28-23)29(2)3)19-9-11-20(12-10-19)24(26)31/h4,6-7,9-12,14-15,22H,5,8,13,16H2,1-3H3,(H2,26,31). The second kappa shape index (κ2) is 8.86. The first-order chi connectivity index (χ1) is 14.9. The number of primary amides is 1. The van der Waals surface area contributed by atoms with Gasteiger partial charge in [0, 0.05) is 38.0 Å². The molecule has 160 valence electrons. The van der Waals surface area contributed by atoms with E-state index in [2.05, 4.69) is 41.1 Å². The summed E-state index contributed by atoms with van der Waals surface area (Å²) in [6.07, 6.45) is 4.10. The van der Waals surface area contributed by atoms with Crippen LogP contribution in [0.2, 0.25) is 0 Å². The molecule has 0 spiro atoms. The molecule has 1 atom stereocenters. The molecule has 6 nitrogen and oxygen atoms in total. The van der Waals surface area contributed by atoms with Gasteiger partial charge in [-0.1, -0.05) is 42.0 Å². The normalized spacial score (nSPS) is 16.4. The van der Waals surface area contributed by atoms with E-state index in [0.29, 0.717) is 11.5 Å². The van der Waals surface area contributed by atoms with E-state index >= 15 is 0 Å². The van der Waals surface area contributed by atoms with E-state index < -0.39 is 5.91 Å². The number of hydrogen-bond donors (Lipinski definition) is 1. The van der Waals surface area contributed by atoms with Gasteiger partial charge in [-0.15, -0.1) is 0 Å². The minimum atomic E-state index is -0.425. The molecule has 2 aromatic carbocycles. The summed E-state index contributed by atoms with van der Waals surface area (Å²) in [5.74, 6) is 0.279. The van der Waals surface area contributed by atoms with Crippen molar-refractivity contribution < 1.29 is 4.79 Å². The number of amides is 1. The Morgan fingerprint density at radius 2 is 1.97 bits per heavy atom. The predicted molar refractivity (Wildman–Crippen MR) is 124 cm³/mol. The van der Waals surface area contributed by atoms with Crippen LogP contribution >= 0.6 is 0 Å². The van der Waals surface area contributed by atoms with Crippen LogP contribution < -0.4 is 10.6 Å². The first-order valence-corrected chi connectivity index (χ1v) is 10.7. The van der Waals surface area contributed by atoms with Crippen LogP contribution in [0.3, 0.4) is 0 Å². The van der Waals surface area contributed by atoms with Gasteiger partial charge in [-0.2, -0.15) is 0 Å². The molecule has 2 heterocycles. The van der Waals surface area contributed by atoms with Crippen molar-refractivity contribution in [2.24, 2.45) is 5.73 Å². The number of carbonyl (C=O) groups is 1. The van der Waals surface area contributed by atoms with Gasteiger partial charge in [-0.25, -0.2) is 9.97 Å². The number of anilines is 1. The van der Waals surface area contributed by atoms with Crippen LogP contribution in [-0.2, 0) is 6.54 Å². The van der Waals surface area contributed by atoms with Gasteiger partial charge >= 0.3 is 0 Å². The highest BCUT2D eigenvalue weighted by molar-refractivity contribution is 5.93. The number of carbonyl (C=O) groups excluding carboxylic acids is 1. The Labute approximate surface area is 183 Å². The molecule has 0 aliphatic carbocycles. The number of rotatable bonds is 6. The summed E-state index contributed by atoms with van der Waals surface area (Å²) >= 11 is 0. The average molecular weight is 416 g/mol. The molecule has 1 aromatic heterocycles. The lowest BCUT2D eigenvalue weighted by molar-refractivity contribution is 0.100. The highest BCUT2D eigenvalue weighted by Gasteiger charge is 2.30. The van der Waals surface area contributed by atoms with E-state index in [1.807, 2.05) is 37.3 Å². The average Bonchev–Trinajstić information content (AvgIpc) is 3.21. The van der Waals surface area contributed by atoms with E-state index in [1.54, 1.807) is 12.1 Å². The van der Waals surface area contributed by atoms with Crippen LogP contribution in [0.15, 0.2) is 54.7 Å². The molecule has 6 heteroatoms. The number of likely N-dealkylation sites (tertiary alicyclic amines) is 1. The van der Waals surface area contributed by atoms with Crippen LogP contribution in [0.25, 0.3) is 11.1 Å². The van der Waals surface area contributed by atoms with Crippen molar-refractivity contribution in [3.05, 3.63) is 77.1 Å². The maximum atomic E-state index is 11.5. The first kappa shape index (κ1) is 21.0. The van der Waals surface area contributed by atoms with Crippen molar-refractivity contribution in [1.29, 1.82) is 0 Å². The fraction of sp³-hybridized carbons (Fsp3) is 0.320. The summed E-state index contributed by atoms with van der Waals surface area (Å²) in [6, 6.07) is 16.3. The van der Waals surface area contributed by atoms with Gasteiger partial charge in [0.15, 0.2) is 0 Å². The third-order valence-electron chi connectivity index (χ3n) is 5.83. The monoisotopic (exact) mass is 415 g/mol. The smallest absolute Gasteiger partial charge is 0.248 e. The zero-order valence-corrected chi connectivity index (χ0v) is 18.4. The molecule has 1 unspecified atom stereocenters. The van der Waals surface area contributed by atoms with Crippen molar-refractivity contribution >= 4 is 11.9 Å². The summed E-state index contributed by atoms with van der Waals surface area (Å²) in [5, 5.41) is 0. The van der Waals surface area contributed by atoms with Crippen molar-refractivity contribution in [2.75, 3.05) is 25.5 Å². The Morgan fingerprint density at radius 3 is 2.65 bits per heavy atom. The van der Waals surface area contributed by atoms with Crippen LogP contribution in [0.4, 0.5) is 5.95 Å². The lowest BCUT2D eigenvalue weighted by atomic mass is 9.98. The maximum absolute atomic E-state index is 11.5. The number of aryl methyl sites for hydroxylation is 1. The third kappa shape index (κ3) is 4.59. The zero-order valence-electron chi connectivity index (χ0n) is 18.4. The lowest BCUT2D eigenvalue weighted by Crippen LogP contribution is -2.25. The predicted octanol–water partition coefficient (Wildman–Crippen LogP) is 3.95. The van der Waals surface area contributed by atoms with E-state index in [-0.39, 0.29) is 6.04 Å². The molecule has 4 rings (SSSR count). The maximum Gasteiger partial charge on any atom is 0.248 e. The SMILES string of the molecule is Cc1cccc(CN2CCCC2c2nc(N(C)C)ncc2-c2ccc(C(N)=O)cc2)c1. The molecule has 0 bridgehead atoms. The van der Waals surface area contributed by atoms with Gasteiger partial charge in [-0.05, 0) is 49.6 Å². The molecular weight excluding hydrogens is 386 g/mol. The highest BCUT2D eigenvalue weighted by Crippen LogP contribution is 2.38. The molecular formula is C25H29N5O. The van der Waals surface area contributed by atoms with Crippen molar-refractivity contribution in [2.45, 2.75) is 32.4 Å². The Hall–Kier alpha value is -3.25. The molecule has 1 aliphatic heterocycles. The number of benzene rings is 2. The molecule has 0 radical (unpaired) electrons. The van der Waals surface area contributed by atoms with Crippen LogP contribution in [0, 0.1) is 6.92 Å². The second-order valence-corrected chi connectivity index (χ2v) is 8.42. The van der Waals surface area contributed by atoms with E-state index in [4.69, 9.17) is 10.7 Å². The molecule has 3 aromatic rings. The largest absolute Gasteiger partial charge is 0.366 e. The minimum Gasteiger partial charge on any atom is -0.366 e. The zero-order chi connectivity index (χ0) is 22.0. The Balaban J connectivity index is 1.72. The molecule has 1 amide bonds. The Morgan fingerprint density at radius 1 is 1.19 bits per heavy atom. The number of nitrogens with zero attached hydrogens (tertiary/aromatic N) is 4. The summed E-state index contributed by atoms with van der Waals surface area (Å²) < 4.78 is 0. The van der Waals surface area contributed by atoms with Gasteiger partial charge in [0.25, 0.3) is 0 Å². The van der Waals surface area contributed by atoms with Gasteiger partial charge in [0.2, 0.25) is 11.9 Å². The molecule has 1 aliphatic rings. The lowest BCUT2D eigenvalue weighted by Gasteiger charge is -2.27. The summed E-state index contributed by atoms with van der Waals surface area (Å²) in [6.45, 7) is 4.07. The van der Waals surface area contributed by atoms with Gasteiger partial charge in [0.1, 0.15) is 0 Å². The third-order valence-corrected chi connectivity index (χ3v) is 5.83. The quantitative estimate of drug-likeness (QED) is 0.660. The molecule has 31 heavy (non-hydrogen) atoms. The van der Waals surface area contributed by atoms with E-state index in [1.165, 1.54) is 11.1 Å². The van der Waals surface area contributed by atoms with Crippen molar-refractivity contribution in [3.8, 4) is 11.1 Å². The van der Waals surface area contributed by atoms with Gasteiger partial charge in [0.05, 0.1) is 11.7 Å². The number of nitrogens with two attached hydrogens (primary N) is 1. The minimum absolute atomic E-state index is 0.216. The molecule has 1 fully saturated rings. The summed E-state index contributed by atoms with van der Waals surface area (Å²) in [5.41, 5.74) is 11.5. The second-order valence-electron chi connectivity index (χ2n) is 8.42. The highest BCUT2D eigenvalue weighted by atomic mass is 16.1. The van der Waals surface area contributed by atoms with Gasteiger partial charge in [-0.3, -0.25) is 9.69 Å². The summed E-state index contributed by atoms with van der Waals surface area (Å²) in [7, 11) is 3.92. The Kier molecular flexibility index (Phi) is 6.00. The number of aromatic nitrogens is 2. The fourth-order valence-electron chi connectivity index (χ4n) is 4.26. The van der Waals surface area contributed by atoms with Gasteiger partial charge < -0.3 is 10.6 Å². The van der Waals surface area contributed by atoms with Crippen molar-refractivity contribution in [1.82, 2.24) is 14.9 Å². The van der Waals surface area contributed by atoms with Crippen LogP contribution in [0.5, 0.6) is 0 Å². The molecule has 0 saturated carbocycles. The van der Waals surface area contributed by atoms with E-state index in [0.717, 1.165) is 42.8 Å². The molecule has 1 saturated heterocycles. The molecule has 2 N–H and O–H groups in total. The van der Waals surface area contributed by atoms with Crippen molar-refractivity contribution in [3.63, 3.8) is 0 Å². The van der Waals surface area contributed by atoms with E-state index in [9.17, 15) is 4.79 Å². The topological polar surface area (TPSA) is 75.3 Å². The number of hydrogen-bond acceptors (Lipinski definition) is 5. The fourth-order valence-corrected chi connectivity index (χ4v) is 4.26. The van der Waals surface area contributed by atoms with Crippen LogP contribution in [0.1, 0.15) is 46.1 Å². The Bertz CT molecular complexity index is 1080. The first-order valence-electron chi connectivity index (χ1n) is 10.7.